The van der Waals surface area contributed by atoms with Crippen LogP contribution in [0.15, 0.2) is 36.7 Å². The summed E-state index contributed by atoms with van der Waals surface area (Å²) in [7, 11) is 0. The smallest absolute Gasteiger partial charge is 0.407 e. The molecule has 0 saturated heterocycles. The van der Waals surface area contributed by atoms with Gasteiger partial charge in [0.15, 0.2) is 11.6 Å². The van der Waals surface area contributed by atoms with Crippen molar-refractivity contribution in [1.82, 2.24) is 14.9 Å². The summed E-state index contributed by atoms with van der Waals surface area (Å²) in [6.07, 6.45) is 1.81. The van der Waals surface area contributed by atoms with Gasteiger partial charge in [-0.1, -0.05) is 6.07 Å². The Morgan fingerprint density at radius 3 is 2.61 bits per heavy atom. The second-order valence-electron chi connectivity index (χ2n) is 8.84. The Morgan fingerprint density at radius 2 is 1.95 bits per heavy atom. The van der Waals surface area contributed by atoms with Crippen LogP contribution in [-0.2, 0) is 0 Å². The quantitative estimate of drug-likeness (QED) is 0.345. The van der Waals surface area contributed by atoms with Crippen LogP contribution >= 0.6 is 0 Å². The third-order valence-electron chi connectivity index (χ3n) is 6.23. The van der Waals surface area contributed by atoms with Crippen LogP contribution in [0.25, 0.3) is 11.3 Å². The van der Waals surface area contributed by atoms with Gasteiger partial charge in [-0.15, -0.1) is 0 Å². The molecular weight excluding hydrogens is 503 g/mol. The third kappa shape index (κ3) is 5.96. The van der Waals surface area contributed by atoms with Crippen LogP contribution in [0.4, 0.5) is 29.5 Å². The monoisotopic (exact) mass is 529 g/mol. The first kappa shape index (κ1) is 26.7. The van der Waals surface area contributed by atoms with Gasteiger partial charge in [0.25, 0.3) is 5.91 Å². The number of anilines is 2. The molecule has 1 fully saturated rings. The Morgan fingerprint density at radius 1 is 1.18 bits per heavy atom. The minimum Gasteiger partial charge on any atom is -0.486 e. The molecule has 1 aromatic heterocycles. The predicted octanol–water partition coefficient (Wildman–Crippen LogP) is 4.77. The highest BCUT2D eigenvalue weighted by Gasteiger charge is 2.25. The number of benzene rings is 2. The standard InChI is InChI=1S/C26H26F3N5O4/c1-14-19(22-23(24(30)32-13-31-22)38-9-8-34(7-6-27)26(36)37)11-17(28)12-21(14)33-25(35)18-5-4-16(10-20(18)29)15-2-3-15/h4-5,10-13,15H,2-3,6-9H2,1H3,(H,33,35)(H,36,37)(H2,30,31,32). The highest BCUT2D eigenvalue weighted by atomic mass is 19.1. The number of hydrogen-bond donors (Lipinski definition) is 3. The molecule has 0 bridgehead atoms. The molecule has 2 aromatic carbocycles. The number of carboxylic acid groups (broad SMARTS) is 1. The van der Waals surface area contributed by atoms with Gasteiger partial charge in [-0.3, -0.25) is 4.79 Å². The lowest BCUT2D eigenvalue weighted by atomic mass is 10.0. The van der Waals surface area contributed by atoms with Crippen molar-refractivity contribution in [2.45, 2.75) is 25.7 Å². The molecule has 4 rings (SSSR count). The summed E-state index contributed by atoms with van der Waals surface area (Å²) in [5.41, 5.74) is 7.41. The minimum absolute atomic E-state index is 0.0363. The highest BCUT2D eigenvalue weighted by Crippen LogP contribution is 2.40. The lowest BCUT2D eigenvalue weighted by Gasteiger charge is -2.19. The van der Waals surface area contributed by atoms with E-state index in [-0.39, 0.29) is 53.8 Å². The number of ether oxygens (including phenoxy) is 1. The van der Waals surface area contributed by atoms with Crippen LogP contribution in [0.3, 0.4) is 0 Å². The van der Waals surface area contributed by atoms with Crippen LogP contribution in [0.5, 0.6) is 5.75 Å². The SMILES string of the molecule is Cc1c(NC(=O)c2ccc(C3CC3)cc2F)cc(F)cc1-c1ncnc(N)c1OCCN(CCF)C(=O)O. The maximum absolute atomic E-state index is 14.7. The molecule has 0 unspecified atom stereocenters. The Hall–Kier alpha value is -4.35. The molecular formula is C26H26F3N5O4. The molecule has 0 spiro atoms. The van der Waals surface area contributed by atoms with E-state index in [4.69, 9.17) is 15.6 Å². The largest absolute Gasteiger partial charge is 0.486 e. The average molecular weight is 530 g/mol. The Bertz CT molecular complexity index is 1370. The summed E-state index contributed by atoms with van der Waals surface area (Å²) < 4.78 is 47.6. The average Bonchev–Trinajstić information content (AvgIpc) is 3.72. The van der Waals surface area contributed by atoms with Gasteiger partial charge in [0.1, 0.15) is 36.9 Å². The number of alkyl halides is 1. The van der Waals surface area contributed by atoms with Gasteiger partial charge in [0.2, 0.25) is 0 Å². The van der Waals surface area contributed by atoms with E-state index in [0.717, 1.165) is 41.8 Å². The summed E-state index contributed by atoms with van der Waals surface area (Å²) in [6, 6.07) is 6.74. The summed E-state index contributed by atoms with van der Waals surface area (Å²) >= 11 is 0. The van der Waals surface area contributed by atoms with E-state index in [1.165, 1.54) is 12.1 Å². The van der Waals surface area contributed by atoms with E-state index in [2.05, 4.69) is 15.3 Å². The van der Waals surface area contributed by atoms with Gasteiger partial charge < -0.3 is 25.8 Å². The summed E-state index contributed by atoms with van der Waals surface area (Å²) in [6.45, 7) is 0.0426. The molecule has 0 aliphatic heterocycles. The molecule has 38 heavy (non-hydrogen) atoms. The van der Waals surface area contributed by atoms with Crippen LogP contribution in [0.2, 0.25) is 0 Å². The second kappa shape index (κ2) is 11.4. The van der Waals surface area contributed by atoms with E-state index >= 15 is 0 Å². The van der Waals surface area contributed by atoms with Gasteiger partial charge in [-0.25, -0.2) is 27.9 Å². The van der Waals surface area contributed by atoms with E-state index < -0.39 is 30.3 Å². The molecule has 1 heterocycles. The summed E-state index contributed by atoms with van der Waals surface area (Å²) in [5, 5.41) is 11.7. The van der Waals surface area contributed by atoms with Crippen molar-refractivity contribution in [1.29, 1.82) is 0 Å². The maximum atomic E-state index is 14.7. The number of nitrogens with zero attached hydrogens (tertiary/aromatic N) is 3. The third-order valence-corrected chi connectivity index (χ3v) is 6.23. The molecule has 3 aromatic rings. The molecule has 9 nitrogen and oxygen atoms in total. The minimum atomic E-state index is -1.32. The lowest BCUT2D eigenvalue weighted by Crippen LogP contribution is -2.35. The lowest BCUT2D eigenvalue weighted by molar-refractivity contribution is 0.102. The normalized spacial score (nSPS) is 12.7. The van der Waals surface area contributed by atoms with Gasteiger partial charge in [-0.2, -0.15) is 0 Å². The van der Waals surface area contributed by atoms with E-state index in [0.29, 0.717) is 11.5 Å². The number of hydrogen-bond acceptors (Lipinski definition) is 6. The number of aromatic nitrogens is 2. The van der Waals surface area contributed by atoms with E-state index in [1.807, 2.05) is 0 Å². The topological polar surface area (TPSA) is 131 Å². The predicted molar refractivity (Wildman–Crippen MR) is 134 cm³/mol. The number of rotatable bonds is 10. The van der Waals surface area contributed by atoms with Crippen molar-refractivity contribution >= 4 is 23.5 Å². The number of halogens is 3. The number of nitrogens with two attached hydrogens (primary N) is 1. The van der Waals surface area contributed by atoms with Crippen molar-refractivity contribution in [2.24, 2.45) is 0 Å². The van der Waals surface area contributed by atoms with Crippen LogP contribution in [0, 0.1) is 18.6 Å². The fraction of sp³-hybridized carbons (Fsp3) is 0.308. The molecule has 4 N–H and O–H groups in total. The Labute approximate surface area is 216 Å². The molecule has 1 aliphatic carbocycles. The van der Waals surface area contributed by atoms with E-state index in [9.17, 15) is 22.8 Å². The van der Waals surface area contributed by atoms with Crippen molar-refractivity contribution in [2.75, 3.05) is 37.4 Å². The van der Waals surface area contributed by atoms with Crippen molar-refractivity contribution in [3.63, 3.8) is 0 Å². The van der Waals surface area contributed by atoms with Crippen LogP contribution in [-0.4, -0.2) is 58.3 Å². The molecule has 200 valence electrons. The van der Waals surface area contributed by atoms with Crippen LogP contribution < -0.4 is 15.8 Å². The van der Waals surface area contributed by atoms with Gasteiger partial charge in [-0.05, 0) is 61.1 Å². The van der Waals surface area contributed by atoms with Gasteiger partial charge >= 0.3 is 6.09 Å². The zero-order valence-corrected chi connectivity index (χ0v) is 20.5. The summed E-state index contributed by atoms with van der Waals surface area (Å²) in [5.74, 6) is -1.93. The van der Waals surface area contributed by atoms with Crippen LogP contribution in [0.1, 0.15) is 40.2 Å². The first-order valence-corrected chi connectivity index (χ1v) is 11.9. The molecule has 1 aliphatic rings. The number of nitrogens with one attached hydrogen (secondary N) is 1. The fourth-order valence-electron chi connectivity index (χ4n) is 4.02. The zero-order chi connectivity index (χ0) is 27.4. The number of carbonyl (C=O) groups is 2. The second-order valence-corrected chi connectivity index (χ2v) is 8.84. The first-order valence-electron chi connectivity index (χ1n) is 11.9. The first-order chi connectivity index (χ1) is 18.2. The molecule has 1 saturated carbocycles. The Balaban J connectivity index is 1.59. The molecule has 12 heteroatoms. The van der Waals surface area contributed by atoms with Gasteiger partial charge in [0, 0.05) is 11.3 Å². The molecule has 2 amide bonds. The highest BCUT2D eigenvalue weighted by molar-refractivity contribution is 6.05. The summed E-state index contributed by atoms with van der Waals surface area (Å²) in [4.78, 5) is 32.9. The molecule has 0 atom stereocenters. The number of amides is 2. The maximum Gasteiger partial charge on any atom is 0.407 e. The number of carbonyl (C=O) groups excluding carboxylic acids is 1. The van der Waals surface area contributed by atoms with Crippen molar-refractivity contribution < 1.29 is 32.6 Å². The molecule has 0 radical (unpaired) electrons. The number of nitrogen functional groups attached to an aromatic ring is 1. The Kier molecular flexibility index (Phi) is 7.99. The van der Waals surface area contributed by atoms with Crippen molar-refractivity contribution in [3.8, 4) is 17.0 Å². The fourth-order valence-corrected chi connectivity index (χ4v) is 4.02. The van der Waals surface area contributed by atoms with Gasteiger partial charge in [0.05, 0.1) is 18.7 Å². The van der Waals surface area contributed by atoms with E-state index in [1.54, 1.807) is 13.0 Å². The zero-order valence-electron chi connectivity index (χ0n) is 20.5. The van der Waals surface area contributed by atoms with Crippen molar-refractivity contribution in [3.05, 3.63) is 65.0 Å².